The predicted molar refractivity (Wildman–Crippen MR) is 150 cm³/mol. The lowest BCUT2D eigenvalue weighted by molar-refractivity contribution is -0.150. The number of carbonyl (C=O) groups is 1. The maximum Gasteiger partial charge on any atom is 0.308 e. The number of hydrogen-bond donors (Lipinski definition) is 2. The van der Waals surface area contributed by atoms with Crippen LogP contribution in [0.1, 0.15) is 55.9 Å². The molecule has 0 radical (unpaired) electrons. The topological polar surface area (TPSA) is 114 Å². The van der Waals surface area contributed by atoms with Gasteiger partial charge in [0.05, 0.1) is 23.1 Å². The highest BCUT2D eigenvalue weighted by molar-refractivity contribution is 7.84. The van der Waals surface area contributed by atoms with Gasteiger partial charge in [-0.2, -0.15) is 0 Å². The minimum atomic E-state index is -2.59. The number of hydrogen-bond acceptors (Lipinski definition) is 8. The van der Waals surface area contributed by atoms with Gasteiger partial charge in [-0.3, -0.25) is 14.0 Å². The van der Waals surface area contributed by atoms with E-state index < -0.39 is 22.8 Å². The van der Waals surface area contributed by atoms with E-state index in [0.717, 1.165) is 11.1 Å². The van der Waals surface area contributed by atoms with E-state index in [1.165, 1.54) is 18.3 Å². The fraction of sp³-hybridized carbons (Fsp3) is 0.448. The molecule has 11 heteroatoms. The molecule has 0 spiro atoms. The summed E-state index contributed by atoms with van der Waals surface area (Å²) >= 11 is 0. The molecule has 1 fully saturated rings. The van der Waals surface area contributed by atoms with Crippen LogP contribution in [0.5, 0.6) is 0 Å². The molecular weight excluding hydrogens is 538 g/mol. The summed E-state index contributed by atoms with van der Waals surface area (Å²) in [6.07, 6.45) is 4.51. The van der Waals surface area contributed by atoms with Crippen molar-refractivity contribution in [1.29, 1.82) is 0 Å². The number of aliphatic hydroxyl groups is 1. The SMILES string of the molecule is Cc1cc(Nc2cc(C(F)F)ccn2)nc(-c2ccc([C@](C)(O)C3CCC(C(=O)OCC[S@](C)=O)CC3)nc2)c1. The first kappa shape index (κ1) is 29.7. The van der Waals surface area contributed by atoms with Crippen molar-refractivity contribution in [1.82, 2.24) is 15.0 Å². The van der Waals surface area contributed by atoms with Crippen LogP contribution in [0.25, 0.3) is 11.3 Å². The standard InChI is InChI=1S/C29H34F2N4O4S/c1-18-14-23(34-26(15-18)35-25-16-20(27(30)31)10-11-32-25)21-6-9-24(33-17-21)29(2,37)22-7-4-19(5-8-22)28(36)39-12-13-40(3)38/h6,9-11,14-17,19,22,27,37H,4-5,7-8,12-13H2,1-3H3,(H,32,34,35)/t19?,22?,29-,40+/m1/s1. The zero-order valence-electron chi connectivity index (χ0n) is 22.8. The molecule has 3 aromatic rings. The number of aromatic nitrogens is 3. The highest BCUT2D eigenvalue weighted by atomic mass is 32.2. The minimum Gasteiger partial charge on any atom is -0.464 e. The van der Waals surface area contributed by atoms with Crippen LogP contribution in [0.4, 0.5) is 20.4 Å². The molecule has 0 aliphatic heterocycles. The lowest BCUT2D eigenvalue weighted by atomic mass is 9.73. The van der Waals surface area contributed by atoms with Crippen molar-refractivity contribution in [2.75, 3.05) is 23.9 Å². The number of aryl methyl sites for hydroxylation is 1. The van der Waals surface area contributed by atoms with Crippen molar-refractivity contribution in [3.63, 3.8) is 0 Å². The lowest BCUT2D eigenvalue weighted by Crippen LogP contribution is -2.37. The molecule has 2 N–H and O–H groups in total. The number of nitrogens with one attached hydrogen (secondary N) is 1. The van der Waals surface area contributed by atoms with Crippen molar-refractivity contribution in [2.24, 2.45) is 11.8 Å². The average molecular weight is 573 g/mol. The third kappa shape index (κ3) is 7.45. The minimum absolute atomic E-state index is 0.0672. The number of rotatable bonds is 10. The van der Waals surface area contributed by atoms with Crippen molar-refractivity contribution in [3.05, 3.63) is 65.6 Å². The molecule has 0 aromatic carbocycles. The van der Waals surface area contributed by atoms with E-state index >= 15 is 0 Å². The van der Waals surface area contributed by atoms with Gasteiger partial charge in [-0.1, -0.05) is 0 Å². The first-order chi connectivity index (χ1) is 19.0. The summed E-state index contributed by atoms with van der Waals surface area (Å²) in [5.74, 6) is 0.524. The molecular formula is C29H34F2N4O4S. The molecule has 40 heavy (non-hydrogen) atoms. The Bertz CT molecular complexity index is 1350. The van der Waals surface area contributed by atoms with E-state index in [4.69, 9.17) is 4.74 Å². The van der Waals surface area contributed by atoms with E-state index in [0.29, 0.717) is 48.6 Å². The fourth-order valence-corrected chi connectivity index (χ4v) is 5.30. The molecule has 214 valence electrons. The zero-order chi connectivity index (χ0) is 28.9. The molecule has 3 aromatic heterocycles. The summed E-state index contributed by atoms with van der Waals surface area (Å²) in [5.41, 5.74) is 1.51. The van der Waals surface area contributed by atoms with Crippen LogP contribution in [0.15, 0.2) is 48.8 Å². The lowest BCUT2D eigenvalue weighted by Gasteiger charge is -2.37. The largest absolute Gasteiger partial charge is 0.464 e. The summed E-state index contributed by atoms with van der Waals surface area (Å²) in [6.45, 7) is 3.82. The third-order valence-electron chi connectivity index (χ3n) is 7.31. The van der Waals surface area contributed by atoms with Gasteiger partial charge in [0.1, 0.15) is 23.8 Å². The molecule has 3 heterocycles. The number of esters is 1. The zero-order valence-corrected chi connectivity index (χ0v) is 23.6. The van der Waals surface area contributed by atoms with Gasteiger partial charge in [0.2, 0.25) is 0 Å². The number of pyridine rings is 3. The van der Waals surface area contributed by atoms with Gasteiger partial charge in [0.15, 0.2) is 0 Å². The molecule has 2 atom stereocenters. The van der Waals surface area contributed by atoms with Crippen molar-refractivity contribution in [2.45, 2.75) is 51.6 Å². The van der Waals surface area contributed by atoms with Gasteiger partial charge in [-0.15, -0.1) is 0 Å². The van der Waals surface area contributed by atoms with E-state index in [2.05, 4.69) is 20.3 Å². The van der Waals surface area contributed by atoms with Crippen molar-refractivity contribution < 1.29 is 27.6 Å². The highest BCUT2D eigenvalue weighted by Gasteiger charge is 2.39. The third-order valence-corrected chi connectivity index (χ3v) is 8.05. The molecule has 0 unspecified atom stereocenters. The first-order valence-corrected chi connectivity index (χ1v) is 14.9. The van der Waals surface area contributed by atoms with Crippen LogP contribution in [-0.2, 0) is 25.9 Å². The first-order valence-electron chi connectivity index (χ1n) is 13.2. The van der Waals surface area contributed by atoms with Crippen LogP contribution in [-0.4, -0.2) is 48.9 Å². The Kier molecular flexibility index (Phi) is 9.57. The van der Waals surface area contributed by atoms with Crippen molar-refractivity contribution >= 4 is 28.4 Å². The molecule has 0 bridgehead atoms. The number of carbonyl (C=O) groups excluding carboxylic acids is 1. The second-order valence-electron chi connectivity index (χ2n) is 10.4. The van der Waals surface area contributed by atoms with Gasteiger partial charge < -0.3 is 15.2 Å². The van der Waals surface area contributed by atoms with Crippen molar-refractivity contribution in [3.8, 4) is 11.3 Å². The second kappa shape index (κ2) is 12.9. The van der Waals surface area contributed by atoms with Gasteiger partial charge in [0, 0.05) is 40.6 Å². The maximum atomic E-state index is 13.1. The summed E-state index contributed by atoms with van der Waals surface area (Å²) in [5, 5.41) is 14.4. The van der Waals surface area contributed by atoms with E-state index in [9.17, 15) is 22.9 Å². The Hall–Kier alpha value is -3.31. The molecule has 0 saturated heterocycles. The quantitative estimate of drug-likeness (QED) is 0.308. The average Bonchev–Trinajstić information content (AvgIpc) is 2.92. The number of halogens is 2. The van der Waals surface area contributed by atoms with Gasteiger partial charge in [-0.05, 0) is 87.4 Å². The molecule has 8 nitrogen and oxygen atoms in total. The summed E-state index contributed by atoms with van der Waals surface area (Å²) in [7, 11) is -1.00. The highest BCUT2D eigenvalue weighted by Crippen LogP contribution is 2.41. The van der Waals surface area contributed by atoms with E-state index in [-0.39, 0.29) is 35.8 Å². The molecule has 1 aliphatic carbocycles. The Morgan fingerprint density at radius 3 is 2.55 bits per heavy atom. The Labute approximate surface area is 235 Å². The van der Waals surface area contributed by atoms with Crippen LogP contribution in [0.2, 0.25) is 0 Å². The van der Waals surface area contributed by atoms with Crippen LogP contribution < -0.4 is 5.32 Å². The number of nitrogens with zero attached hydrogens (tertiary/aromatic N) is 3. The second-order valence-corrected chi connectivity index (χ2v) is 11.9. The number of alkyl halides is 2. The van der Waals surface area contributed by atoms with Crippen LogP contribution in [0.3, 0.4) is 0 Å². The smallest absolute Gasteiger partial charge is 0.308 e. The molecule has 0 amide bonds. The Morgan fingerprint density at radius 1 is 1.15 bits per heavy atom. The van der Waals surface area contributed by atoms with Gasteiger partial charge >= 0.3 is 5.97 Å². The fourth-order valence-electron chi connectivity index (χ4n) is 4.98. The number of anilines is 2. The Morgan fingerprint density at radius 2 is 1.90 bits per heavy atom. The molecule has 4 rings (SSSR count). The van der Waals surface area contributed by atoms with E-state index in [1.54, 1.807) is 31.5 Å². The summed E-state index contributed by atoms with van der Waals surface area (Å²) in [4.78, 5) is 25.6. The summed E-state index contributed by atoms with van der Waals surface area (Å²) < 4.78 is 42.6. The number of ether oxygens (including phenoxy) is 1. The summed E-state index contributed by atoms with van der Waals surface area (Å²) in [6, 6.07) is 9.88. The predicted octanol–water partition coefficient (Wildman–Crippen LogP) is 5.46. The van der Waals surface area contributed by atoms with E-state index in [1.807, 2.05) is 19.1 Å². The van der Waals surface area contributed by atoms with Crippen LogP contribution in [0, 0.1) is 18.8 Å². The van der Waals surface area contributed by atoms with Gasteiger partial charge in [0.25, 0.3) is 6.43 Å². The normalized spacial score (nSPS) is 19.6. The Balaban J connectivity index is 1.41. The van der Waals surface area contributed by atoms with Gasteiger partial charge in [-0.25, -0.2) is 18.7 Å². The molecule has 1 aliphatic rings. The maximum absolute atomic E-state index is 13.1. The molecule has 1 saturated carbocycles. The monoisotopic (exact) mass is 572 g/mol. The van der Waals surface area contributed by atoms with Crippen LogP contribution >= 0.6 is 0 Å².